The predicted molar refractivity (Wildman–Crippen MR) is 76.6 cm³/mol. The van der Waals surface area contributed by atoms with Gasteiger partial charge in [0.2, 0.25) is 0 Å². The lowest BCUT2D eigenvalue weighted by Crippen LogP contribution is -2.47. The summed E-state index contributed by atoms with van der Waals surface area (Å²) in [4.78, 5) is 0. The van der Waals surface area contributed by atoms with Crippen LogP contribution in [0.15, 0.2) is 35.5 Å². The van der Waals surface area contributed by atoms with Crippen molar-refractivity contribution in [1.82, 2.24) is 10.6 Å². The van der Waals surface area contributed by atoms with Crippen molar-refractivity contribution in [2.24, 2.45) is 0 Å². The highest BCUT2D eigenvalue weighted by atomic mass is 32.1. The number of thiocarbonyl (C=S) groups is 1. The molecular weight excluding hydrogens is 260 g/mol. The number of hydrogen-bond donors (Lipinski definition) is 4. The summed E-state index contributed by atoms with van der Waals surface area (Å²) in [5, 5.41) is 26.8. The molecule has 2 atom stereocenters. The fraction of sp³-hybridized carbons (Fsp3) is 0.357. The van der Waals surface area contributed by atoms with Gasteiger partial charge in [0.05, 0.1) is 12.1 Å². The molecule has 100 valence electrons. The third kappa shape index (κ3) is 2.31. The summed E-state index contributed by atoms with van der Waals surface area (Å²) in [5.74, 6) is 0.219. The van der Waals surface area contributed by atoms with Crippen molar-refractivity contribution in [3.8, 4) is 5.75 Å². The van der Waals surface area contributed by atoms with Crippen LogP contribution in [-0.4, -0.2) is 21.4 Å². The number of phenolic OH excluding ortho intramolecular Hbond substituents is 1. The maximum Gasteiger partial charge on any atom is 0.171 e. The number of benzene rings is 1. The largest absolute Gasteiger partial charge is 0.508 e. The highest BCUT2D eigenvalue weighted by Crippen LogP contribution is 2.36. The second kappa shape index (κ2) is 4.83. The zero-order valence-corrected chi connectivity index (χ0v) is 11.2. The fourth-order valence-electron chi connectivity index (χ4n) is 2.82. The Morgan fingerprint density at radius 2 is 2.16 bits per heavy atom. The van der Waals surface area contributed by atoms with E-state index in [0.717, 1.165) is 36.1 Å². The van der Waals surface area contributed by atoms with E-state index in [1.807, 2.05) is 6.07 Å². The Morgan fingerprint density at radius 1 is 1.32 bits per heavy atom. The number of aliphatic hydroxyl groups excluding tert-OH is 1. The lowest BCUT2D eigenvalue weighted by molar-refractivity contribution is 0.176. The molecule has 5 heteroatoms. The molecule has 0 amide bonds. The summed E-state index contributed by atoms with van der Waals surface area (Å²) < 4.78 is 0. The van der Waals surface area contributed by atoms with Gasteiger partial charge in [-0.25, -0.2) is 0 Å². The van der Waals surface area contributed by atoms with Crippen molar-refractivity contribution in [3.05, 3.63) is 41.1 Å². The third-order valence-corrected chi connectivity index (χ3v) is 3.89. The van der Waals surface area contributed by atoms with Crippen LogP contribution >= 0.6 is 12.2 Å². The molecule has 0 saturated carbocycles. The normalized spacial score (nSPS) is 26.5. The maximum absolute atomic E-state index is 10.2. The van der Waals surface area contributed by atoms with Crippen molar-refractivity contribution in [2.45, 2.75) is 31.4 Å². The van der Waals surface area contributed by atoms with Crippen LogP contribution in [0, 0.1) is 0 Å². The summed E-state index contributed by atoms with van der Waals surface area (Å²) in [5.41, 5.74) is 2.89. The van der Waals surface area contributed by atoms with E-state index in [0.29, 0.717) is 5.11 Å². The van der Waals surface area contributed by atoms with E-state index >= 15 is 0 Å². The molecule has 4 nitrogen and oxygen atoms in total. The minimum atomic E-state index is -0.459. The standard InChI is InChI=1S/C14H16N2O2S/c17-9-4-1-3-8(7-9)13-12-10(15-14(19)16-13)5-2-6-11(12)18/h1,3-4,7,11,13,17-18H,2,5-6H2,(H2,15,16,19)/t11-,13+/m1/s1. The monoisotopic (exact) mass is 276 g/mol. The Kier molecular flexibility index (Phi) is 3.16. The van der Waals surface area contributed by atoms with Crippen molar-refractivity contribution in [1.29, 1.82) is 0 Å². The molecule has 3 rings (SSSR count). The summed E-state index contributed by atoms with van der Waals surface area (Å²) in [6.45, 7) is 0. The van der Waals surface area contributed by atoms with Crippen LogP contribution in [0.25, 0.3) is 0 Å². The van der Waals surface area contributed by atoms with Gasteiger partial charge >= 0.3 is 0 Å². The zero-order valence-electron chi connectivity index (χ0n) is 10.4. The number of rotatable bonds is 1. The number of hydrogen-bond acceptors (Lipinski definition) is 3. The van der Waals surface area contributed by atoms with E-state index in [1.54, 1.807) is 18.2 Å². The van der Waals surface area contributed by atoms with Crippen LogP contribution in [-0.2, 0) is 0 Å². The Labute approximate surface area is 117 Å². The van der Waals surface area contributed by atoms with Gasteiger partial charge in [0.15, 0.2) is 5.11 Å². The second-order valence-corrected chi connectivity index (χ2v) is 5.38. The van der Waals surface area contributed by atoms with E-state index < -0.39 is 6.10 Å². The van der Waals surface area contributed by atoms with Gasteiger partial charge in [-0.3, -0.25) is 0 Å². The lowest BCUT2D eigenvalue weighted by atomic mass is 9.84. The third-order valence-electron chi connectivity index (χ3n) is 3.67. The Balaban J connectivity index is 2.05. The Hall–Kier alpha value is -1.59. The van der Waals surface area contributed by atoms with Crippen LogP contribution in [0.4, 0.5) is 0 Å². The molecule has 0 bridgehead atoms. The summed E-state index contributed by atoms with van der Waals surface area (Å²) in [6.07, 6.45) is 2.18. The summed E-state index contributed by atoms with van der Waals surface area (Å²) >= 11 is 5.22. The number of nitrogens with one attached hydrogen (secondary N) is 2. The molecule has 1 aliphatic heterocycles. The molecular formula is C14H16N2O2S. The topological polar surface area (TPSA) is 64.5 Å². The van der Waals surface area contributed by atoms with E-state index in [-0.39, 0.29) is 11.8 Å². The molecule has 1 aromatic rings. The van der Waals surface area contributed by atoms with Gasteiger partial charge in [-0.05, 0) is 49.2 Å². The molecule has 0 saturated heterocycles. The van der Waals surface area contributed by atoms with Crippen molar-refractivity contribution < 1.29 is 10.2 Å². The van der Waals surface area contributed by atoms with Gasteiger partial charge in [0.25, 0.3) is 0 Å². The van der Waals surface area contributed by atoms with Gasteiger partial charge < -0.3 is 20.8 Å². The highest BCUT2D eigenvalue weighted by Gasteiger charge is 2.33. The average molecular weight is 276 g/mol. The molecule has 0 unspecified atom stereocenters. The van der Waals surface area contributed by atoms with E-state index in [1.165, 1.54) is 0 Å². The average Bonchev–Trinajstić information content (AvgIpc) is 2.37. The minimum absolute atomic E-state index is 0.161. The molecule has 2 aliphatic rings. The van der Waals surface area contributed by atoms with Gasteiger partial charge in [0, 0.05) is 11.3 Å². The van der Waals surface area contributed by atoms with Crippen molar-refractivity contribution in [2.75, 3.05) is 0 Å². The van der Waals surface area contributed by atoms with E-state index in [9.17, 15) is 10.2 Å². The summed E-state index contributed by atoms with van der Waals surface area (Å²) in [7, 11) is 0. The first-order valence-electron chi connectivity index (χ1n) is 6.42. The fourth-order valence-corrected chi connectivity index (χ4v) is 3.06. The van der Waals surface area contributed by atoms with E-state index in [4.69, 9.17) is 12.2 Å². The van der Waals surface area contributed by atoms with Gasteiger partial charge in [-0.2, -0.15) is 0 Å². The molecule has 4 N–H and O–H groups in total. The molecule has 1 aromatic carbocycles. The van der Waals surface area contributed by atoms with Gasteiger partial charge in [0.1, 0.15) is 5.75 Å². The molecule has 0 fully saturated rings. The van der Waals surface area contributed by atoms with Gasteiger partial charge in [-0.1, -0.05) is 12.1 Å². The number of phenols is 1. The van der Waals surface area contributed by atoms with Crippen LogP contribution in [0.1, 0.15) is 30.9 Å². The molecule has 1 aliphatic carbocycles. The lowest BCUT2D eigenvalue weighted by Gasteiger charge is -2.37. The SMILES string of the molecule is Oc1cccc([C@@H]2NC(=S)NC3=C2[C@H](O)CCC3)c1. The van der Waals surface area contributed by atoms with Crippen molar-refractivity contribution >= 4 is 17.3 Å². The Bertz CT molecular complexity index is 556. The van der Waals surface area contributed by atoms with Crippen LogP contribution in [0.2, 0.25) is 0 Å². The first-order valence-corrected chi connectivity index (χ1v) is 6.83. The first-order chi connectivity index (χ1) is 9.15. The van der Waals surface area contributed by atoms with Crippen LogP contribution < -0.4 is 10.6 Å². The number of allylic oxidation sites excluding steroid dienone is 1. The van der Waals surface area contributed by atoms with Gasteiger partial charge in [-0.15, -0.1) is 0 Å². The van der Waals surface area contributed by atoms with Crippen molar-refractivity contribution in [3.63, 3.8) is 0 Å². The number of aromatic hydroxyl groups is 1. The molecule has 0 aromatic heterocycles. The van der Waals surface area contributed by atoms with E-state index in [2.05, 4.69) is 10.6 Å². The second-order valence-electron chi connectivity index (χ2n) is 4.97. The minimum Gasteiger partial charge on any atom is -0.508 e. The number of aliphatic hydroxyl groups is 1. The van der Waals surface area contributed by atoms with Crippen LogP contribution in [0.5, 0.6) is 5.75 Å². The highest BCUT2D eigenvalue weighted by molar-refractivity contribution is 7.80. The summed E-state index contributed by atoms with van der Waals surface area (Å²) in [6, 6.07) is 6.91. The smallest absolute Gasteiger partial charge is 0.171 e. The quantitative estimate of drug-likeness (QED) is 0.588. The maximum atomic E-state index is 10.2. The molecule has 1 heterocycles. The molecule has 19 heavy (non-hydrogen) atoms. The molecule has 0 spiro atoms. The Morgan fingerprint density at radius 3 is 2.95 bits per heavy atom. The first kappa shape index (κ1) is 12.4. The zero-order chi connectivity index (χ0) is 13.4. The van der Waals surface area contributed by atoms with Crippen LogP contribution in [0.3, 0.4) is 0 Å². The molecule has 0 radical (unpaired) electrons. The predicted octanol–water partition coefficient (Wildman–Crippen LogP) is 1.71.